The van der Waals surface area contributed by atoms with Crippen molar-refractivity contribution in [3.05, 3.63) is 65.9 Å². The molecule has 2 aromatic carbocycles. The Morgan fingerprint density at radius 2 is 1.74 bits per heavy atom. The van der Waals surface area contributed by atoms with Crippen LogP contribution in [0.15, 0.2) is 60.4 Å². The molecule has 0 saturated carbocycles. The Hall–Kier alpha value is -2.75. The minimum Gasteiger partial charge on any atom is -0.493 e. The lowest BCUT2D eigenvalue weighted by Gasteiger charge is -2.10. The Bertz CT molecular complexity index is 690. The van der Waals surface area contributed by atoms with Crippen LogP contribution in [0.5, 0.6) is 11.5 Å². The summed E-state index contributed by atoms with van der Waals surface area (Å²) in [6.07, 6.45) is 2.04. The number of carbonyl (C=O) groups excluding carboxylic acids is 1. The van der Waals surface area contributed by atoms with E-state index in [2.05, 4.69) is 5.32 Å². The molecule has 4 heteroatoms. The molecule has 0 aromatic heterocycles. The third-order valence-electron chi connectivity index (χ3n) is 3.38. The van der Waals surface area contributed by atoms with Crippen LogP contribution < -0.4 is 14.8 Å². The van der Waals surface area contributed by atoms with Gasteiger partial charge in [-0.2, -0.15) is 0 Å². The van der Waals surface area contributed by atoms with E-state index < -0.39 is 0 Å². The number of anilines is 1. The van der Waals surface area contributed by atoms with Crippen LogP contribution in [0.25, 0.3) is 0 Å². The fourth-order valence-corrected chi connectivity index (χ4v) is 2.00. The van der Waals surface area contributed by atoms with Gasteiger partial charge in [-0.15, -0.1) is 0 Å². The van der Waals surface area contributed by atoms with Gasteiger partial charge in [-0.1, -0.05) is 36.8 Å². The number of benzene rings is 2. The fraction of sp³-hybridized carbons (Fsp3) is 0.211. The summed E-state index contributed by atoms with van der Waals surface area (Å²) in [5.41, 5.74) is 2.46. The lowest BCUT2D eigenvalue weighted by molar-refractivity contribution is -0.113. The van der Waals surface area contributed by atoms with Crippen LogP contribution in [0.4, 0.5) is 5.69 Å². The molecule has 0 heterocycles. The van der Waals surface area contributed by atoms with Gasteiger partial charge >= 0.3 is 0 Å². The number of hydrogen-bond donors (Lipinski definition) is 1. The van der Waals surface area contributed by atoms with Gasteiger partial charge in [0.05, 0.1) is 18.9 Å². The summed E-state index contributed by atoms with van der Waals surface area (Å²) >= 11 is 0. The van der Waals surface area contributed by atoms with Gasteiger partial charge < -0.3 is 14.8 Å². The molecule has 2 aromatic rings. The van der Waals surface area contributed by atoms with Gasteiger partial charge in [0.2, 0.25) is 0 Å². The van der Waals surface area contributed by atoms with Crippen molar-refractivity contribution in [2.75, 3.05) is 12.4 Å². The Morgan fingerprint density at radius 1 is 1.09 bits per heavy atom. The average Bonchev–Trinajstić information content (AvgIpc) is 2.58. The van der Waals surface area contributed by atoms with Gasteiger partial charge in [-0.05, 0) is 37.6 Å². The minimum atomic E-state index is -0.175. The first-order valence-corrected chi connectivity index (χ1v) is 7.50. The highest BCUT2D eigenvalue weighted by atomic mass is 16.5. The normalized spacial score (nSPS) is 11.0. The standard InChI is InChI=1S/C19H21NO3/c1-4-15(13-23-18-8-6-5-7-17(18)22-3)19(21)20-16-11-9-14(2)10-12-16/h5-13H,4H2,1-3H3,(H,20,21). The third kappa shape index (κ3) is 4.61. The van der Waals surface area contributed by atoms with E-state index in [1.165, 1.54) is 6.26 Å². The zero-order chi connectivity index (χ0) is 16.7. The quantitative estimate of drug-likeness (QED) is 0.638. The number of ether oxygens (including phenoxy) is 2. The first kappa shape index (κ1) is 16.6. The van der Waals surface area contributed by atoms with Gasteiger partial charge in [0, 0.05) is 5.69 Å². The predicted octanol–water partition coefficient (Wildman–Crippen LogP) is 4.32. The first-order chi connectivity index (χ1) is 11.1. The van der Waals surface area contributed by atoms with Crippen LogP contribution in [0.2, 0.25) is 0 Å². The number of hydrogen-bond acceptors (Lipinski definition) is 3. The predicted molar refractivity (Wildman–Crippen MR) is 91.8 cm³/mol. The van der Waals surface area contributed by atoms with Crippen molar-refractivity contribution in [2.45, 2.75) is 20.3 Å². The second-order valence-corrected chi connectivity index (χ2v) is 5.09. The lowest BCUT2D eigenvalue weighted by Crippen LogP contribution is -2.14. The molecule has 0 atom stereocenters. The van der Waals surface area contributed by atoms with Crippen LogP contribution in [-0.2, 0) is 4.79 Å². The summed E-state index contributed by atoms with van der Waals surface area (Å²) in [5.74, 6) is 1.02. The Labute approximate surface area is 136 Å². The summed E-state index contributed by atoms with van der Waals surface area (Å²) < 4.78 is 10.8. The molecule has 0 aliphatic rings. The van der Waals surface area contributed by atoms with E-state index in [4.69, 9.17) is 9.47 Å². The highest BCUT2D eigenvalue weighted by Gasteiger charge is 2.09. The van der Waals surface area contributed by atoms with Crippen molar-refractivity contribution in [3.63, 3.8) is 0 Å². The van der Waals surface area contributed by atoms with E-state index in [0.29, 0.717) is 23.5 Å². The zero-order valence-electron chi connectivity index (χ0n) is 13.6. The number of rotatable bonds is 6. The van der Waals surface area contributed by atoms with Crippen LogP contribution in [0, 0.1) is 6.92 Å². The molecule has 120 valence electrons. The third-order valence-corrected chi connectivity index (χ3v) is 3.38. The summed E-state index contributed by atoms with van der Waals surface area (Å²) in [4.78, 5) is 12.3. The van der Waals surface area contributed by atoms with E-state index in [1.807, 2.05) is 50.2 Å². The molecule has 0 radical (unpaired) electrons. The average molecular weight is 311 g/mol. The molecule has 1 amide bonds. The molecule has 0 spiro atoms. The largest absolute Gasteiger partial charge is 0.493 e. The maximum absolute atomic E-state index is 12.3. The van der Waals surface area contributed by atoms with Gasteiger partial charge in [-0.25, -0.2) is 0 Å². The number of aryl methyl sites for hydroxylation is 1. The highest BCUT2D eigenvalue weighted by Crippen LogP contribution is 2.26. The van der Waals surface area contributed by atoms with Gasteiger partial charge in [-0.3, -0.25) is 4.79 Å². The molecule has 0 saturated heterocycles. The number of amides is 1. The van der Waals surface area contributed by atoms with Crippen LogP contribution in [0.1, 0.15) is 18.9 Å². The number of nitrogens with one attached hydrogen (secondary N) is 1. The molecule has 0 fully saturated rings. The molecule has 0 unspecified atom stereocenters. The molecular weight excluding hydrogens is 290 g/mol. The molecule has 0 aliphatic carbocycles. The molecule has 1 N–H and O–H groups in total. The van der Waals surface area contributed by atoms with Gasteiger partial charge in [0.1, 0.15) is 0 Å². The molecular formula is C19H21NO3. The maximum atomic E-state index is 12.3. The van der Waals surface area contributed by atoms with Crippen molar-refractivity contribution in [1.29, 1.82) is 0 Å². The highest BCUT2D eigenvalue weighted by molar-refractivity contribution is 6.03. The van der Waals surface area contributed by atoms with E-state index in [1.54, 1.807) is 19.2 Å². The lowest BCUT2D eigenvalue weighted by atomic mass is 10.2. The Balaban J connectivity index is 2.08. The summed E-state index contributed by atoms with van der Waals surface area (Å²) in [6.45, 7) is 3.91. The monoisotopic (exact) mass is 311 g/mol. The number of carbonyl (C=O) groups is 1. The Morgan fingerprint density at radius 3 is 2.35 bits per heavy atom. The van der Waals surface area contributed by atoms with Gasteiger partial charge in [0.15, 0.2) is 11.5 Å². The van der Waals surface area contributed by atoms with E-state index in [9.17, 15) is 4.79 Å². The molecule has 0 aliphatic heterocycles. The van der Waals surface area contributed by atoms with Crippen LogP contribution in [0.3, 0.4) is 0 Å². The van der Waals surface area contributed by atoms with Crippen molar-refractivity contribution < 1.29 is 14.3 Å². The molecule has 2 rings (SSSR count). The second-order valence-electron chi connectivity index (χ2n) is 5.09. The minimum absolute atomic E-state index is 0.175. The fourth-order valence-electron chi connectivity index (χ4n) is 2.00. The smallest absolute Gasteiger partial charge is 0.254 e. The summed E-state index contributed by atoms with van der Waals surface area (Å²) in [6, 6.07) is 15.0. The summed E-state index contributed by atoms with van der Waals surface area (Å²) in [5, 5.41) is 2.87. The number of methoxy groups -OCH3 is 1. The second kappa shape index (κ2) is 8.03. The molecule has 23 heavy (non-hydrogen) atoms. The molecule has 4 nitrogen and oxygen atoms in total. The topological polar surface area (TPSA) is 47.6 Å². The van der Waals surface area contributed by atoms with E-state index in [0.717, 1.165) is 11.3 Å². The summed E-state index contributed by atoms with van der Waals surface area (Å²) in [7, 11) is 1.58. The van der Waals surface area contributed by atoms with Crippen LogP contribution >= 0.6 is 0 Å². The zero-order valence-corrected chi connectivity index (χ0v) is 13.6. The first-order valence-electron chi connectivity index (χ1n) is 7.50. The SMILES string of the molecule is CCC(=COc1ccccc1OC)C(=O)Nc1ccc(C)cc1. The van der Waals surface area contributed by atoms with E-state index >= 15 is 0 Å². The molecule has 0 bridgehead atoms. The number of para-hydroxylation sites is 2. The Kier molecular flexibility index (Phi) is 5.80. The van der Waals surface area contributed by atoms with E-state index in [-0.39, 0.29) is 5.91 Å². The van der Waals surface area contributed by atoms with Crippen LogP contribution in [-0.4, -0.2) is 13.0 Å². The van der Waals surface area contributed by atoms with Gasteiger partial charge in [0.25, 0.3) is 5.91 Å². The maximum Gasteiger partial charge on any atom is 0.254 e. The van der Waals surface area contributed by atoms with Crippen molar-refractivity contribution in [1.82, 2.24) is 0 Å². The van der Waals surface area contributed by atoms with Crippen molar-refractivity contribution in [2.24, 2.45) is 0 Å². The van der Waals surface area contributed by atoms with Crippen molar-refractivity contribution >= 4 is 11.6 Å². The van der Waals surface area contributed by atoms with Crippen molar-refractivity contribution in [3.8, 4) is 11.5 Å².